The van der Waals surface area contributed by atoms with Gasteiger partial charge in [0, 0.05) is 18.4 Å². The Balaban J connectivity index is 2.04. The first kappa shape index (κ1) is 16.1. The van der Waals surface area contributed by atoms with Crippen LogP contribution in [-0.2, 0) is 0 Å². The molecule has 7 nitrogen and oxygen atoms in total. The molecule has 0 bridgehead atoms. The van der Waals surface area contributed by atoms with Gasteiger partial charge in [-0.05, 0) is 25.2 Å². The molecule has 0 aromatic rings. The summed E-state index contributed by atoms with van der Waals surface area (Å²) in [5.74, 6) is -0.868. The number of hydrogen-bond acceptors (Lipinski definition) is 7. The first-order valence-electron chi connectivity index (χ1n) is 7.17. The molecule has 0 aromatic carbocycles. The maximum atomic E-state index is 10.0. The highest BCUT2D eigenvalue weighted by atomic mass is 16.4. The van der Waals surface area contributed by atoms with Gasteiger partial charge in [0.2, 0.25) is 0 Å². The van der Waals surface area contributed by atoms with Crippen molar-refractivity contribution < 1.29 is 30.6 Å². The van der Waals surface area contributed by atoms with Crippen molar-refractivity contribution in [3.05, 3.63) is 0 Å². The first-order chi connectivity index (χ1) is 9.32. The highest BCUT2D eigenvalue weighted by Crippen LogP contribution is 2.35. The van der Waals surface area contributed by atoms with Crippen LogP contribution >= 0.6 is 0 Å². The lowest BCUT2D eigenvalue weighted by atomic mass is 9.70. The van der Waals surface area contributed by atoms with Gasteiger partial charge in [-0.15, -0.1) is 0 Å². The highest BCUT2D eigenvalue weighted by molar-refractivity contribution is 4.98. The maximum absolute atomic E-state index is 10.0. The van der Waals surface area contributed by atoms with Crippen molar-refractivity contribution in [2.75, 3.05) is 0 Å². The SMILES string of the molecule is NC1C(O)CC(O)C(O)C1CC1CCC(O)C(O)C1O. The summed E-state index contributed by atoms with van der Waals surface area (Å²) in [5, 5.41) is 58.7. The van der Waals surface area contributed by atoms with Gasteiger partial charge in [0.05, 0.1) is 30.5 Å². The molecule has 0 amide bonds. The summed E-state index contributed by atoms with van der Waals surface area (Å²) in [6.45, 7) is 0. The third-order valence-electron chi connectivity index (χ3n) is 4.89. The molecule has 9 unspecified atom stereocenters. The van der Waals surface area contributed by atoms with Crippen LogP contribution in [0.15, 0.2) is 0 Å². The molecule has 2 aliphatic carbocycles. The Morgan fingerprint density at radius 1 is 0.750 bits per heavy atom. The summed E-state index contributed by atoms with van der Waals surface area (Å²) >= 11 is 0. The van der Waals surface area contributed by atoms with E-state index >= 15 is 0 Å². The summed E-state index contributed by atoms with van der Waals surface area (Å²) in [6, 6.07) is -0.676. The van der Waals surface area contributed by atoms with E-state index in [0.29, 0.717) is 19.3 Å². The van der Waals surface area contributed by atoms with E-state index in [2.05, 4.69) is 0 Å². The van der Waals surface area contributed by atoms with Gasteiger partial charge in [-0.2, -0.15) is 0 Å². The Morgan fingerprint density at radius 3 is 2.05 bits per heavy atom. The fourth-order valence-electron chi connectivity index (χ4n) is 3.48. The maximum Gasteiger partial charge on any atom is 0.106 e. The molecule has 20 heavy (non-hydrogen) atoms. The van der Waals surface area contributed by atoms with Crippen LogP contribution in [0.4, 0.5) is 0 Å². The molecule has 0 radical (unpaired) electrons. The van der Waals surface area contributed by atoms with Crippen LogP contribution in [-0.4, -0.2) is 73.3 Å². The smallest absolute Gasteiger partial charge is 0.106 e. The molecule has 0 spiro atoms. The normalized spacial score (nSPS) is 53.9. The summed E-state index contributed by atoms with van der Waals surface area (Å²) < 4.78 is 0. The Labute approximate surface area is 117 Å². The fourth-order valence-corrected chi connectivity index (χ4v) is 3.48. The Morgan fingerprint density at radius 2 is 1.40 bits per heavy atom. The topological polar surface area (TPSA) is 147 Å². The van der Waals surface area contributed by atoms with Crippen LogP contribution in [0.1, 0.15) is 25.7 Å². The van der Waals surface area contributed by atoms with E-state index in [1.54, 1.807) is 0 Å². The summed E-state index contributed by atoms with van der Waals surface area (Å²) in [5.41, 5.74) is 5.89. The van der Waals surface area contributed by atoms with Crippen LogP contribution in [0.2, 0.25) is 0 Å². The summed E-state index contributed by atoms with van der Waals surface area (Å²) in [4.78, 5) is 0. The summed E-state index contributed by atoms with van der Waals surface area (Å²) in [7, 11) is 0. The Kier molecular flexibility index (Phi) is 5.01. The highest BCUT2D eigenvalue weighted by Gasteiger charge is 2.45. The van der Waals surface area contributed by atoms with Crippen molar-refractivity contribution in [2.45, 2.75) is 68.3 Å². The second kappa shape index (κ2) is 6.23. The third kappa shape index (κ3) is 2.99. The van der Waals surface area contributed by atoms with Crippen LogP contribution in [0.3, 0.4) is 0 Å². The van der Waals surface area contributed by atoms with E-state index in [0.717, 1.165) is 0 Å². The van der Waals surface area contributed by atoms with Crippen molar-refractivity contribution in [1.82, 2.24) is 0 Å². The molecule has 0 heterocycles. The number of nitrogens with two attached hydrogens (primary N) is 1. The minimum absolute atomic E-state index is 0.0351. The van der Waals surface area contributed by atoms with E-state index in [1.807, 2.05) is 0 Å². The molecule has 2 fully saturated rings. The molecule has 2 aliphatic rings. The zero-order valence-corrected chi connectivity index (χ0v) is 11.3. The zero-order chi connectivity index (χ0) is 15.0. The van der Waals surface area contributed by atoms with Crippen LogP contribution in [0, 0.1) is 11.8 Å². The minimum atomic E-state index is -1.21. The van der Waals surface area contributed by atoms with Gasteiger partial charge >= 0.3 is 0 Å². The fraction of sp³-hybridized carbons (Fsp3) is 1.00. The second-order valence-electron chi connectivity index (χ2n) is 6.22. The number of aliphatic hydroxyl groups excluding tert-OH is 6. The van der Waals surface area contributed by atoms with Crippen LogP contribution in [0.5, 0.6) is 0 Å². The Bertz CT molecular complexity index is 316. The standard InChI is InChI=1S/C13H25NO6/c14-10-6(12(19)9(17)4-8(10)16)3-5-1-2-7(15)13(20)11(5)18/h5-13,15-20H,1-4,14H2. The van der Waals surface area contributed by atoms with E-state index in [-0.39, 0.29) is 12.3 Å². The van der Waals surface area contributed by atoms with Gasteiger partial charge in [-0.1, -0.05) is 0 Å². The van der Waals surface area contributed by atoms with E-state index in [9.17, 15) is 30.6 Å². The molecule has 8 N–H and O–H groups in total. The van der Waals surface area contributed by atoms with Crippen molar-refractivity contribution >= 4 is 0 Å². The monoisotopic (exact) mass is 291 g/mol. The van der Waals surface area contributed by atoms with Gasteiger partial charge in [0.15, 0.2) is 0 Å². The number of rotatable bonds is 2. The molecule has 0 aromatic heterocycles. The first-order valence-corrected chi connectivity index (χ1v) is 7.17. The largest absolute Gasteiger partial charge is 0.391 e. The van der Waals surface area contributed by atoms with Crippen LogP contribution < -0.4 is 5.73 Å². The van der Waals surface area contributed by atoms with Gasteiger partial charge in [-0.25, -0.2) is 0 Å². The van der Waals surface area contributed by atoms with E-state index < -0.39 is 48.6 Å². The van der Waals surface area contributed by atoms with E-state index in [4.69, 9.17) is 5.73 Å². The lowest BCUT2D eigenvalue weighted by Crippen LogP contribution is -2.57. The predicted octanol–water partition coefficient (Wildman–Crippen LogP) is -2.70. The molecule has 9 atom stereocenters. The number of hydrogen-bond donors (Lipinski definition) is 7. The average Bonchev–Trinajstić information content (AvgIpc) is 2.41. The minimum Gasteiger partial charge on any atom is -0.391 e. The molecule has 0 aliphatic heterocycles. The zero-order valence-electron chi connectivity index (χ0n) is 11.3. The van der Waals surface area contributed by atoms with Gasteiger partial charge in [-0.3, -0.25) is 0 Å². The lowest BCUT2D eigenvalue weighted by molar-refractivity contribution is -0.132. The third-order valence-corrected chi connectivity index (χ3v) is 4.89. The van der Waals surface area contributed by atoms with Crippen molar-refractivity contribution in [3.63, 3.8) is 0 Å². The summed E-state index contributed by atoms with van der Waals surface area (Å²) in [6.07, 6.45) is -5.02. The second-order valence-corrected chi connectivity index (χ2v) is 6.22. The van der Waals surface area contributed by atoms with Gasteiger partial charge in [0.1, 0.15) is 6.10 Å². The Hall–Kier alpha value is -0.280. The molecule has 2 saturated carbocycles. The molecule has 0 saturated heterocycles. The molecular weight excluding hydrogens is 266 g/mol. The number of aliphatic hydroxyl groups is 6. The molecule has 2 rings (SSSR count). The predicted molar refractivity (Wildman–Crippen MR) is 69.5 cm³/mol. The lowest BCUT2D eigenvalue weighted by Gasteiger charge is -2.43. The van der Waals surface area contributed by atoms with Crippen LogP contribution in [0.25, 0.3) is 0 Å². The van der Waals surface area contributed by atoms with Crippen molar-refractivity contribution in [2.24, 2.45) is 17.6 Å². The van der Waals surface area contributed by atoms with E-state index in [1.165, 1.54) is 0 Å². The van der Waals surface area contributed by atoms with Crippen molar-refractivity contribution in [3.8, 4) is 0 Å². The molecule has 7 heteroatoms. The van der Waals surface area contributed by atoms with Crippen molar-refractivity contribution in [1.29, 1.82) is 0 Å². The quantitative estimate of drug-likeness (QED) is 0.293. The van der Waals surface area contributed by atoms with Gasteiger partial charge in [0.25, 0.3) is 0 Å². The van der Waals surface area contributed by atoms with Gasteiger partial charge < -0.3 is 36.4 Å². The molecular formula is C13H25NO6. The molecule has 118 valence electrons. The average molecular weight is 291 g/mol.